The number of aryl methyl sites for hydroxylation is 1. The summed E-state index contributed by atoms with van der Waals surface area (Å²) in [4.78, 5) is 10.8. The van der Waals surface area contributed by atoms with Crippen LogP contribution >= 0.6 is 22.6 Å². The van der Waals surface area contributed by atoms with Gasteiger partial charge in [-0.05, 0) is 46.9 Å². The molecule has 0 amide bonds. The summed E-state index contributed by atoms with van der Waals surface area (Å²) in [6, 6.07) is 7.30. The molecule has 0 saturated heterocycles. The Labute approximate surface area is 130 Å². The fourth-order valence-electron chi connectivity index (χ4n) is 1.81. The number of benzene rings is 1. The summed E-state index contributed by atoms with van der Waals surface area (Å²) in [7, 11) is 1.64. The van der Waals surface area contributed by atoms with Crippen LogP contribution < -0.4 is 4.74 Å². The number of rotatable bonds is 4. The van der Waals surface area contributed by atoms with Crippen LogP contribution in [-0.4, -0.2) is 14.7 Å². The van der Waals surface area contributed by atoms with Gasteiger partial charge in [-0.3, -0.25) is 10.1 Å². The molecule has 0 N–H and O–H groups in total. The van der Waals surface area contributed by atoms with Crippen molar-refractivity contribution in [2.24, 2.45) is 7.05 Å². The molecule has 106 valence electrons. The molecule has 0 saturated carbocycles. The molecule has 2 aromatic rings. The third kappa shape index (κ3) is 2.92. The molecule has 0 fully saturated rings. The van der Waals surface area contributed by atoms with Gasteiger partial charge in [-0.25, -0.2) is 4.68 Å². The first-order valence-corrected chi connectivity index (χ1v) is 7.12. The predicted octanol–water partition coefficient (Wildman–Crippen LogP) is 3.85. The number of ether oxygens (including phenoxy) is 1. The lowest BCUT2D eigenvalue weighted by molar-refractivity contribution is -0.386. The lowest BCUT2D eigenvalue weighted by atomic mass is 10.1. The number of nitro groups is 1. The van der Waals surface area contributed by atoms with E-state index in [1.54, 1.807) is 19.2 Å². The molecule has 0 spiro atoms. The van der Waals surface area contributed by atoms with E-state index in [0.29, 0.717) is 11.4 Å². The van der Waals surface area contributed by atoms with Crippen LogP contribution in [0.4, 0.5) is 5.69 Å². The van der Waals surface area contributed by atoms with Crippen LogP contribution in [0.5, 0.6) is 11.6 Å². The molecule has 7 heteroatoms. The SMILES string of the molecule is CC(C)c1nn(C)c(Oc2ccc(I)cc2)c1[N+](=O)[O-]. The molecule has 0 aliphatic rings. The van der Waals surface area contributed by atoms with Gasteiger partial charge < -0.3 is 4.74 Å². The van der Waals surface area contributed by atoms with Gasteiger partial charge in [-0.1, -0.05) is 13.8 Å². The van der Waals surface area contributed by atoms with Gasteiger partial charge in [0.15, 0.2) is 0 Å². The van der Waals surface area contributed by atoms with Crippen molar-refractivity contribution >= 4 is 28.3 Å². The molecule has 1 heterocycles. The highest BCUT2D eigenvalue weighted by Crippen LogP contribution is 2.37. The van der Waals surface area contributed by atoms with E-state index in [1.165, 1.54) is 4.68 Å². The first-order valence-electron chi connectivity index (χ1n) is 6.05. The van der Waals surface area contributed by atoms with E-state index >= 15 is 0 Å². The summed E-state index contributed by atoms with van der Waals surface area (Å²) < 4.78 is 8.12. The van der Waals surface area contributed by atoms with Crippen molar-refractivity contribution in [2.45, 2.75) is 19.8 Å². The van der Waals surface area contributed by atoms with Crippen LogP contribution in [0.2, 0.25) is 0 Å². The van der Waals surface area contributed by atoms with Crippen molar-refractivity contribution in [1.29, 1.82) is 0 Å². The van der Waals surface area contributed by atoms with Crippen molar-refractivity contribution < 1.29 is 9.66 Å². The number of aromatic nitrogens is 2. The summed E-state index contributed by atoms with van der Waals surface area (Å²) in [6.07, 6.45) is 0. The molecule has 2 rings (SSSR count). The van der Waals surface area contributed by atoms with Gasteiger partial charge in [-0.15, -0.1) is 0 Å². The maximum atomic E-state index is 11.3. The van der Waals surface area contributed by atoms with Crippen LogP contribution in [-0.2, 0) is 7.05 Å². The molecule has 6 nitrogen and oxygen atoms in total. The minimum Gasteiger partial charge on any atom is -0.434 e. The average Bonchev–Trinajstić information content (AvgIpc) is 2.70. The average molecular weight is 387 g/mol. The van der Waals surface area contributed by atoms with Gasteiger partial charge >= 0.3 is 5.69 Å². The van der Waals surface area contributed by atoms with Crippen molar-refractivity contribution in [3.63, 3.8) is 0 Å². The van der Waals surface area contributed by atoms with Gasteiger partial charge in [0.2, 0.25) is 0 Å². The van der Waals surface area contributed by atoms with Crippen molar-refractivity contribution in [3.05, 3.63) is 43.6 Å². The zero-order chi connectivity index (χ0) is 14.9. The Kier molecular flexibility index (Phi) is 4.26. The van der Waals surface area contributed by atoms with Crippen LogP contribution in [0, 0.1) is 13.7 Å². The van der Waals surface area contributed by atoms with Crippen molar-refractivity contribution in [1.82, 2.24) is 9.78 Å². The second-order valence-electron chi connectivity index (χ2n) is 4.63. The summed E-state index contributed by atoms with van der Waals surface area (Å²) in [6.45, 7) is 3.73. The highest BCUT2D eigenvalue weighted by Gasteiger charge is 2.30. The molecule has 0 bridgehead atoms. The Bertz CT molecular complexity index is 635. The maximum Gasteiger partial charge on any atom is 0.354 e. The lowest BCUT2D eigenvalue weighted by Crippen LogP contribution is -1.97. The van der Waals surface area contributed by atoms with Gasteiger partial charge in [0.1, 0.15) is 11.4 Å². The summed E-state index contributed by atoms with van der Waals surface area (Å²) in [5.41, 5.74) is 0.360. The van der Waals surface area contributed by atoms with Crippen LogP contribution in [0.15, 0.2) is 24.3 Å². The van der Waals surface area contributed by atoms with E-state index in [1.807, 2.05) is 26.0 Å². The second kappa shape index (κ2) is 5.78. The molecule has 0 aliphatic heterocycles. The van der Waals surface area contributed by atoms with E-state index in [9.17, 15) is 10.1 Å². The van der Waals surface area contributed by atoms with Gasteiger partial charge in [0.05, 0.1) is 4.92 Å². The van der Waals surface area contributed by atoms with Gasteiger partial charge in [0, 0.05) is 16.5 Å². The van der Waals surface area contributed by atoms with Crippen molar-refractivity contribution in [3.8, 4) is 11.6 Å². The first-order chi connectivity index (χ1) is 9.40. The van der Waals surface area contributed by atoms with E-state index < -0.39 is 4.92 Å². The minimum absolute atomic E-state index is 0.0457. The van der Waals surface area contributed by atoms with Crippen LogP contribution in [0.25, 0.3) is 0 Å². The fraction of sp³-hybridized carbons (Fsp3) is 0.308. The summed E-state index contributed by atoms with van der Waals surface area (Å²) in [5.74, 6) is 0.655. The molecular formula is C13H14IN3O3. The highest BCUT2D eigenvalue weighted by molar-refractivity contribution is 14.1. The molecule has 20 heavy (non-hydrogen) atoms. The number of nitrogens with zero attached hydrogens (tertiary/aromatic N) is 3. The maximum absolute atomic E-state index is 11.3. The largest absolute Gasteiger partial charge is 0.434 e. The Balaban J connectivity index is 2.45. The Morgan fingerprint density at radius 3 is 2.45 bits per heavy atom. The third-order valence-corrected chi connectivity index (χ3v) is 3.47. The van der Waals surface area contributed by atoms with E-state index in [2.05, 4.69) is 27.7 Å². The van der Waals surface area contributed by atoms with Crippen LogP contribution in [0.3, 0.4) is 0 Å². The molecule has 1 aromatic carbocycles. The van der Waals surface area contributed by atoms with Crippen molar-refractivity contribution in [2.75, 3.05) is 0 Å². The normalized spacial score (nSPS) is 10.8. The summed E-state index contributed by atoms with van der Waals surface area (Å²) in [5, 5.41) is 15.5. The second-order valence-corrected chi connectivity index (χ2v) is 5.88. The molecule has 0 aliphatic carbocycles. The quantitative estimate of drug-likeness (QED) is 0.454. The molecular weight excluding hydrogens is 373 g/mol. The molecule has 0 radical (unpaired) electrons. The monoisotopic (exact) mass is 387 g/mol. The van der Waals surface area contributed by atoms with E-state index in [0.717, 1.165) is 3.57 Å². The minimum atomic E-state index is -0.440. The van der Waals surface area contributed by atoms with Crippen LogP contribution in [0.1, 0.15) is 25.5 Å². The highest BCUT2D eigenvalue weighted by atomic mass is 127. The molecule has 1 aromatic heterocycles. The van der Waals surface area contributed by atoms with Gasteiger partial charge in [-0.2, -0.15) is 5.10 Å². The summed E-state index contributed by atoms with van der Waals surface area (Å²) >= 11 is 2.18. The third-order valence-electron chi connectivity index (χ3n) is 2.75. The Morgan fingerprint density at radius 1 is 1.35 bits per heavy atom. The predicted molar refractivity (Wildman–Crippen MR) is 83.2 cm³/mol. The lowest BCUT2D eigenvalue weighted by Gasteiger charge is -2.05. The number of hydrogen-bond acceptors (Lipinski definition) is 4. The smallest absolute Gasteiger partial charge is 0.354 e. The zero-order valence-electron chi connectivity index (χ0n) is 11.3. The first kappa shape index (κ1) is 14.8. The Hall–Kier alpha value is -1.64. The standard InChI is InChI=1S/C13H14IN3O3/c1-8(2)11-12(17(18)19)13(16(3)15-11)20-10-6-4-9(14)5-7-10/h4-8H,1-3H3. The number of hydrogen-bond donors (Lipinski definition) is 0. The van der Waals surface area contributed by atoms with Gasteiger partial charge in [0.25, 0.3) is 5.88 Å². The topological polar surface area (TPSA) is 70.2 Å². The number of halogens is 1. The molecule has 0 atom stereocenters. The van der Waals surface area contributed by atoms with E-state index in [4.69, 9.17) is 4.74 Å². The van der Waals surface area contributed by atoms with E-state index in [-0.39, 0.29) is 17.5 Å². The Morgan fingerprint density at radius 2 is 1.95 bits per heavy atom. The fourth-order valence-corrected chi connectivity index (χ4v) is 2.17. The zero-order valence-corrected chi connectivity index (χ0v) is 13.5. The molecule has 0 unspecified atom stereocenters.